The fourth-order valence-electron chi connectivity index (χ4n) is 4.09. The lowest BCUT2D eigenvalue weighted by Crippen LogP contribution is -2.52. The predicted molar refractivity (Wildman–Crippen MR) is 117 cm³/mol. The Morgan fingerprint density at radius 1 is 1.03 bits per heavy atom. The number of aromatic nitrogens is 3. The minimum absolute atomic E-state index is 0.267. The highest BCUT2D eigenvalue weighted by atomic mass is 16.5. The number of rotatable bonds is 5. The number of nitrogens with zero attached hydrogens (tertiary/aromatic N) is 3. The van der Waals surface area contributed by atoms with E-state index in [0.29, 0.717) is 23.9 Å². The fourth-order valence-corrected chi connectivity index (χ4v) is 4.09. The first-order valence-electron chi connectivity index (χ1n) is 10.4. The van der Waals surface area contributed by atoms with E-state index in [1.54, 1.807) is 0 Å². The maximum absolute atomic E-state index is 9.55. The average molecular weight is 436 g/mol. The fraction of sp³-hybridized carbons (Fsp3) is 0.304. The second kappa shape index (κ2) is 9.61. The van der Waals surface area contributed by atoms with E-state index in [-0.39, 0.29) is 6.10 Å². The highest BCUT2D eigenvalue weighted by molar-refractivity contribution is 5.89. The topological polar surface area (TPSA) is 129 Å². The first kappa shape index (κ1) is 21.5. The minimum Gasteiger partial charge on any atom is -0.478 e. The van der Waals surface area contributed by atoms with Crippen LogP contribution < -0.4 is 4.74 Å². The second-order valence-electron chi connectivity index (χ2n) is 7.84. The van der Waals surface area contributed by atoms with Gasteiger partial charge in [0.15, 0.2) is 0 Å². The third-order valence-corrected chi connectivity index (χ3v) is 5.73. The molecule has 3 fully saturated rings. The Hall–Kier alpha value is -3.72. The van der Waals surface area contributed by atoms with Crippen LogP contribution in [0.4, 0.5) is 0 Å². The Kier molecular flexibility index (Phi) is 6.46. The Balaban J connectivity index is 0.000000265. The van der Waals surface area contributed by atoms with Gasteiger partial charge in [-0.25, -0.2) is 9.59 Å². The zero-order valence-corrected chi connectivity index (χ0v) is 17.3. The summed E-state index contributed by atoms with van der Waals surface area (Å²) in [5.41, 5.74) is 3.08. The maximum Gasteiger partial charge on any atom is 0.328 e. The smallest absolute Gasteiger partial charge is 0.328 e. The van der Waals surface area contributed by atoms with Crippen LogP contribution >= 0.6 is 0 Å². The third-order valence-electron chi connectivity index (χ3n) is 5.73. The van der Waals surface area contributed by atoms with Gasteiger partial charge < -0.3 is 19.9 Å². The first-order valence-corrected chi connectivity index (χ1v) is 10.4. The molecule has 3 N–H and O–H groups in total. The molecule has 0 spiro atoms. The number of aliphatic carboxylic acids is 2. The maximum atomic E-state index is 9.55. The molecule has 0 radical (unpaired) electrons. The monoisotopic (exact) mass is 436 g/mol. The average Bonchev–Trinajstić information content (AvgIpc) is 3.27. The molecule has 2 bridgehead atoms. The van der Waals surface area contributed by atoms with Crippen LogP contribution in [0.15, 0.2) is 54.7 Å². The molecule has 166 valence electrons. The van der Waals surface area contributed by atoms with Crippen molar-refractivity contribution >= 4 is 22.8 Å². The Morgan fingerprint density at radius 3 is 2.38 bits per heavy atom. The van der Waals surface area contributed by atoms with Crippen LogP contribution in [-0.2, 0) is 9.59 Å². The van der Waals surface area contributed by atoms with Crippen molar-refractivity contribution < 1.29 is 24.5 Å². The number of carbonyl (C=O) groups is 2. The molecular weight excluding hydrogens is 412 g/mol. The van der Waals surface area contributed by atoms with Crippen LogP contribution in [0.3, 0.4) is 0 Å². The number of aromatic amines is 1. The molecule has 32 heavy (non-hydrogen) atoms. The summed E-state index contributed by atoms with van der Waals surface area (Å²) < 4.78 is 6.12. The Bertz CT molecular complexity index is 1100. The van der Waals surface area contributed by atoms with Gasteiger partial charge in [-0.15, -0.1) is 10.2 Å². The standard InChI is InChI=1S/C19H20N4O.C4H4O4/c1-2-16-15(5-8-20-16)11-14(1)17-3-4-19(22-21-17)24-18-12-23-9-6-13(18)7-10-23;5-3(6)1-2-4(7)8/h1-5,8,11,13,18,20H,6-7,9-10,12H2;1-2H,(H,5,6)(H,7,8)/b;2-1+/t18-;/m1./s1. The van der Waals surface area contributed by atoms with Crippen LogP contribution in [0.2, 0.25) is 0 Å². The SMILES string of the molecule is O=C(O)/C=C/C(=O)O.c1cc2cc(-c3ccc(O[C@@H]4CN5CCC4CC5)nn3)ccc2[nH]1. The van der Waals surface area contributed by atoms with E-state index in [2.05, 4.69) is 44.3 Å². The van der Waals surface area contributed by atoms with Crippen LogP contribution in [-0.4, -0.2) is 68.0 Å². The molecule has 3 aliphatic heterocycles. The molecule has 6 rings (SSSR count). The number of hydrogen-bond acceptors (Lipinski definition) is 6. The van der Waals surface area contributed by atoms with E-state index in [4.69, 9.17) is 14.9 Å². The number of piperidine rings is 3. The molecule has 0 aliphatic carbocycles. The highest BCUT2D eigenvalue weighted by Gasteiger charge is 2.35. The summed E-state index contributed by atoms with van der Waals surface area (Å²) in [5, 5.41) is 25.5. The number of ether oxygens (including phenoxy) is 1. The van der Waals surface area contributed by atoms with Gasteiger partial charge >= 0.3 is 11.9 Å². The summed E-state index contributed by atoms with van der Waals surface area (Å²) in [6.07, 6.45) is 5.82. The Morgan fingerprint density at radius 2 is 1.78 bits per heavy atom. The van der Waals surface area contributed by atoms with Crippen LogP contribution in [0.5, 0.6) is 5.88 Å². The summed E-state index contributed by atoms with van der Waals surface area (Å²) in [7, 11) is 0. The van der Waals surface area contributed by atoms with Gasteiger partial charge in [0, 0.05) is 47.4 Å². The molecular formula is C23H24N4O5. The quantitative estimate of drug-likeness (QED) is 0.521. The van der Waals surface area contributed by atoms with E-state index in [0.717, 1.165) is 23.3 Å². The molecule has 0 unspecified atom stereocenters. The zero-order chi connectivity index (χ0) is 22.5. The lowest BCUT2D eigenvalue weighted by Gasteiger charge is -2.44. The highest BCUT2D eigenvalue weighted by Crippen LogP contribution is 2.30. The van der Waals surface area contributed by atoms with Crippen LogP contribution in [0, 0.1) is 5.92 Å². The number of carboxylic acids is 2. The van der Waals surface area contributed by atoms with Gasteiger partial charge in [-0.3, -0.25) is 4.90 Å². The summed E-state index contributed by atoms with van der Waals surface area (Å²) in [5.74, 6) is -1.20. The predicted octanol–water partition coefficient (Wildman–Crippen LogP) is 2.81. The molecule has 1 atom stereocenters. The summed E-state index contributed by atoms with van der Waals surface area (Å²) in [6.45, 7) is 3.46. The summed E-state index contributed by atoms with van der Waals surface area (Å²) in [4.78, 5) is 24.8. The normalized spacial score (nSPS) is 21.8. The number of hydrogen-bond donors (Lipinski definition) is 3. The van der Waals surface area contributed by atoms with Gasteiger partial charge in [-0.1, -0.05) is 6.07 Å². The van der Waals surface area contributed by atoms with Gasteiger partial charge in [-0.2, -0.15) is 0 Å². The van der Waals surface area contributed by atoms with Crippen molar-refractivity contribution in [3.05, 3.63) is 54.7 Å². The number of fused-ring (bicyclic) bond motifs is 4. The summed E-state index contributed by atoms with van der Waals surface area (Å²) in [6, 6.07) is 12.3. The molecule has 5 heterocycles. The molecule has 2 aromatic heterocycles. The van der Waals surface area contributed by atoms with Crippen molar-refractivity contribution in [3.63, 3.8) is 0 Å². The van der Waals surface area contributed by atoms with Crippen LogP contribution in [0.1, 0.15) is 12.8 Å². The molecule has 3 aromatic rings. The van der Waals surface area contributed by atoms with Gasteiger partial charge in [0.1, 0.15) is 6.10 Å². The molecule has 3 saturated heterocycles. The molecule has 3 aliphatic rings. The van der Waals surface area contributed by atoms with Gasteiger partial charge in [0.05, 0.1) is 5.69 Å². The van der Waals surface area contributed by atoms with Crippen molar-refractivity contribution in [2.75, 3.05) is 19.6 Å². The largest absolute Gasteiger partial charge is 0.478 e. The Labute approximate surface area is 184 Å². The molecule has 0 amide bonds. The third kappa shape index (κ3) is 5.30. The number of carboxylic acid groups (broad SMARTS) is 2. The first-order chi connectivity index (χ1) is 15.5. The number of benzene rings is 1. The van der Waals surface area contributed by atoms with Crippen molar-refractivity contribution in [3.8, 4) is 17.1 Å². The minimum atomic E-state index is -1.26. The van der Waals surface area contributed by atoms with E-state index < -0.39 is 11.9 Å². The van der Waals surface area contributed by atoms with E-state index in [1.807, 2.05) is 18.3 Å². The molecule has 1 aromatic carbocycles. The van der Waals surface area contributed by atoms with E-state index >= 15 is 0 Å². The van der Waals surface area contributed by atoms with Gasteiger partial charge in [0.2, 0.25) is 5.88 Å². The molecule has 9 nitrogen and oxygen atoms in total. The lowest BCUT2D eigenvalue weighted by atomic mass is 9.86. The van der Waals surface area contributed by atoms with Gasteiger partial charge in [0.25, 0.3) is 0 Å². The lowest BCUT2D eigenvalue weighted by molar-refractivity contribution is -0.134. The van der Waals surface area contributed by atoms with Crippen LogP contribution in [0.25, 0.3) is 22.2 Å². The molecule has 9 heteroatoms. The van der Waals surface area contributed by atoms with Crippen molar-refractivity contribution in [2.24, 2.45) is 5.92 Å². The van der Waals surface area contributed by atoms with Crippen molar-refractivity contribution in [2.45, 2.75) is 18.9 Å². The van der Waals surface area contributed by atoms with Crippen molar-refractivity contribution in [1.29, 1.82) is 0 Å². The van der Waals surface area contributed by atoms with Gasteiger partial charge in [-0.05, 0) is 56.1 Å². The summed E-state index contributed by atoms with van der Waals surface area (Å²) >= 11 is 0. The number of nitrogens with one attached hydrogen (secondary N) is 1. The van der Waals surface area contributed by atoms with E-state index in [1.165, 1.54) is 31.3 Å². The second-order valence-corrected chi connectivity index (χ2v) is 7.84. The van der Waals surface area contributed by atoms with Crippen molar-refractivity contribution in [1.82, 2.24) is 20.1 Å². The van der Waals surface area contributed by atoms with E-state index in [9.17, 15) is 9.59 Å². The zero-order valence-electron chi connectivity index (χ0n) is 17.3. The molecule has 0 saturated carbocycles. The number of H-pyrrole nitrogens is 1.